The van der Waals surface area contributed by atoms with Gasteiger partial charge in [-0.15, -0.1) is 0 Å². The molecule has 0 fully saturated rings. The minimum Gasteiger partial charge on any atom is -0.478 e. The number of hydrogen-bond donors (Lipinski definition) is 2. The molecule has 1 aliphatic carbocycles. The van der Waals surface area contributed by atoms with Crippen molar-refractivity contribution in [3.8, 4) is 0 Å². The number of carboxylic acids is 1. The van der Waals surface area contributed by atoms with Gasteiger partial charge in [0.05, 0.1) is 5.56 Å². The van der Waals surface area contributed by atoms with Gasteiger partial charge in [-0.3, -0.25) is 0 Å². The van der Waals surface area contributed by atoms with Crippen molar-refractivity contribution in [1.29, 1.82) is 0 Å². The Morgan fingerprint density at radius 1 is 1.33 bits per heavy atom. The zero-order valence-electron chi connectivity index (χ0n) is 10.6. The minimum atomic E-state index is -0.876. The molecule has 18 heavy (non-hydrogen) atoms. The molecule has 1 aliphatic rings. The second-order valence-corrected chi connectivity index (χ2v) is 5.13. The quantitative estimate of drug-likeness (QED) is 0.802. The molecule has 0 spiro atoms. The molecule has 1 aromatic carbocycles. The summed E-state index contributed by atoms with van der Waals surface area (Å²) < 4.78 is 0. The van der Waals surface area contributed by atoms with Crippen molar-refractivity contribution in [2.24, 2.45) is 0 Å². The van der Waals surface area contributed by atoms with Gasteiger partial charge in [0.25, 0.3) is 0 Å². The SMILES string of the molecule is CC1(NCc2ccc(C(=O)O)cc2)CC=CCC1. The van der Waals surface area contributed by atoms with Crippen molar-refractivity contribution >= 4 is 5.97 Å². The number of aromatic carboxylic acids is 1. The Morgan fingerprint density at radius 2 is 2.06 bits per heavy atom. The summed E-state index contributed by atoms with van der Waals surface area (Å²) in [7, 11) is 0. The highest BCUT2D eigenvalue weighted by atomic mass is 16.4. The first-order valence-corrected chi connectivity index (χ1v) is 6.31. The van der Waals surface area contributed by atoms with Crippen molar-refractivity contribution in [3.05, 3.63) is 47.5 Å². The summed E-state index contributed by atoms with van der Waals surface area (Å²) in [5, 5.41) is 12.4. The Hall–Kier alpha value is -1.61. The number of carboxylic acid groups (broad SMARTS) is 1. The van der Waals surface area contributed by atoms with E-state index < -0.39 is 5.97 Å². The Morgan fingerprint density at radius 3 is 2.61 bits per heavy atom. The second kappa shape index (κ2) is 5.36. The smallest absolute Gasteiger partial charge is 0.335 e. The van der Waals surface area contributed by atoms with Gasteiger partial charge in [-0.25, -0.2) is 4.79 Å². The molecule has 3 nitrogen and oxygen atoms in total. The van der Waals surface area contributed by atoms with Crippen LogP contribution in [0.4, 0.5) is 0 Å². The fourth-order valence-corrected chi connectivity index (χ4v) is 2.21. The highest BCUT2D eigenvalue weighted by molar-refractivity contribution is 5.87. The maximum atomic E-state index is 10.7. The molecule has 1 unspecified atom stereocenters. The third-order valence-electron chi connectivity index (χ3n) is 3.52. The number of hydrogen-bond acceptors (Lipinski definition) is 2. The predicted molar refractivity (Wildman–Crippen MR) is 71.6 cm³/mol. The fraction of sp³-hybridized carbons (Fsp3) is 0.400. The molecule has 0 radical (unpaired) electrons. The molecule has 1 atom stereocenters. The fourth-order valence-electron chi connectivity index (χ4n) is 2.21. The number of carbonyl (C=O) groups is 1. The molecule has 0 saturated carbocycles. The standard InChI is InChI=1S/C15H19NO2/c1-15(9-3-2-4-10-15)16-11-12-5-7-13(8-6-12)14(17)18/h2-3,5-8,16H,4,9-11H2,1H3,(H,17,18). The van der Waals surface area contributed by atoms with Crippen molar-refractivity contribution in [3.63, 3.8) is 0 Å². The minimum absolute atomic E-state index is 0.167. The Labute approximate surface area is 108 Å². The monoisotopic (exact) mass is 245 g/mol. The van der Waals surface area contributed by atoms with Crippen LogP contribution in [0.15, 0.2) is 36.4 Å². The topological polar surface area (TPSA) is 49.3 Å². The molecule has 0 bridgehead atoms. The van der Waals surface area contributed by atoms with Gasteiger partial charge in [-0.2, -0.15) is 0 Å². The predicted octanol–water partition coefficient (Wildman–Crippen LogP) is 2.97. The van der Waals surface area contributed by atoms with Crippen LogP contribution in [0.3, 0.4) is 0 Å². The molecule has 96 valence electrons. The molecular formula is C15H19NO2. The average Bonchev–Trinajstić information content (AvgIpc) is 2.38. The number of allylic oxidation sites excluding steroid dienone is 1. The molecule has 2 rings (SSSR count). The lowest BCUT2D eigenvalue weighted by Crippen LogP contribution is -2.42. The molecular weight excluding hydrogens is 226 g/mol. The highest BCUT2D eigenvalue weighted by Crippen LogP contribution is 2.23. The molecule has 0 heterocycles. The largest absolute Gasteiger partial charge is 0.478 e. The molecule has 3 heteroatoms. The molecule has 0 saturated heterocycles. The summed E-state index contributed by atoms with van der Waals surface area (Å²) in [6.45, 7) is 3.02. The maximum Gasteiger partial charge on any atom is 0.335 e. The first-order chi connectivity index (χ1) is 8.59. The van der Waals surface area contributed by atoms with Crippen molar-refractivity contribution < 1.29 is 9.90 Å². The van der Waals surface area contributed by atoms with E-state index in [9.17, 15) is 4.79 Å². The van der Waals surface area contributed by atoms with E-state index in [0.717, 1.165) is 31.4 Å². The second-order valence-electron chi connectivity index (χ2n) is 5.13. The van der Waals surface area contributed by atoms with Crippen LogP contribution in [0, 0.1) is 0 Å². The Kier molecular flexibility index (Phi) is 3.82. The summed E-state index contributed by atoms with van der Waals surface area (Å²) >= 11 is 0. The summed E-state index contributed by atoms with van der Waals surface area (Å²) in [5.41, 5.74) is 1.63. The van der Waals surface area contributed by atoms with Gasteiger partial charge in [-0.05, 0) is 43.9 Å². The van der Waals surface area contributed by atoms with Crippen LogP contribution in [0.1, 0.15) is 42.1 Å². The number of benzene rings is 1. The summed E-state index contributed by atoms with van der Waals surface area (Å²) in [6, 6.07) is 7.06. The Bertz CT molecular complexity index is 450. The van der Waals surface area contributed by atoms with Crippen LogP contribution < -0.4 is 5.32 Å². The van der Waals surface area contributed by atoms with E-state index in [1.807, 2.05) is 12.1 Å². The first kappa shape index (κ1) is 12.8. The normalized spacial score (nSPS) is 22.9. The zero-order chi connectivity index (χ0) is 13.0. The molecule has 0 aliphatic heterocycles. The van der Waals surface area contributed by atoms with E-state index in [-0.39, 0.29) is 5.54 Å². The lowest BCUT2D eigenvalue weighted by molar-refractivity contribution is 0.0697. The Balaban J connectivity index is 1.93. The van der Waals surface area contributed by atoms with Gasteiger partial charge in [0, 0.05) is 12.1 Å². The van der Waals surface area contributed by atoms with Crippen LogP contribution in [0.2, 0.25) is 0 Å². The molecule has 0 amide bonds. The van der Waals surface area contributed by atoms with Gasteiger partial charge >= 0.3 is 5.97 Å². The van der Waals surface area contributed by atoms with E-state index in [1.165, 1.54) is 0 Å². The lowest BCUT2D eigenvalue weighted by Gasteiger charge is -2.32. The maximum absolute atomic E-state index is 10.7. The highest BCUT2D eigenvalue weighted by Gasteiger charge is 2.23. The van der Waals surface area contributed by atoms with E-state index in [0.29, 0.717) is 5.56 Å². The van der Waals surface area contributed by atoms with Crippen molar-refractivity contribution in [1.82, 2.24) is 5.32 Å². The van der Waals surface area contributed by atoms with Gasteiger partial charge in [0.15, 0.2) is 0 Å². The summed E-state index contributed by atoms with van der Waals surface area (Å²) in [4.78, 5) is 10.7. The van der Waals surface area contributed by atoms with Crippen LogP contribution in [-0.2, 0) is 6.54 Å². The zero-order valence-corrected chi connectivity index (χ0v) is 10.6. The van der Waals surface area contributed by atoms with Crippen LogP contribution in [0.25, 0.3) is 0 Å². The van der Waals surface area contributed by atoms with Gasteiger partial charge < -0.3 is 10.4 Å². The third kappa shape index (κ3) is 3.20. The van der Waals surface area contributed by atoms with E-state index in [2.05, 4.69) is 24.4 Å². The first-order valence-electron chi connectivity index (χ1n) is 6.31. The van der Waals surface area contributed by atoms with Gasteiger partial charge in [-0.1, -0.05) is 24.3 Å². The van der Waals surface area contributed by atoms with Crippen molar-refractivity contribution in [2.45, 2.75) is 38.3 Å². The third-order valence-corrected chi connectivity index (χ3v) is 3.52. The summed E-state index contributed by atoms with van der Waals surface area (Å²) in [6.07, 6.45) is 7.79. The lowest BCUT2D eigenvalue weighted by atomic mass is 9.87. The number of rotatable bonds is 4. The molecule has 0 aromatic heterocycles. The van der Waals surface area contributed by atoms with Gasteiger partial charge in [0.1, 0.15) is 0 Å². The van der Waals surface area contributed by atoms with Crippen LogP contribution in [-0.4, -0.2) is 16.6 Å². The summed E-state index contributed by atoms with van der Waals surface area (Å²) in [5.74, 6) is -0.876. The van der Waals surface area contributed by atoms with E-state index >= 15 is 0 Å². The van der Waals surface area contributed by atoms with Gasteiger partial charge in [0.2, 0.25) is 0 Å². The van der Waals surface area contributed by atoms with Crippen molar-refractivity contribution in [2.75, 3.05) is 0 Å². The number of nitrogens with one attached hydrogen (secondary N) is 1. The van der Waals surface area contributed by atoms with E-state index in [4.69, 9.17) is 5.11 Å². The average molecular weight is 245 g/mol. The van der Waals surface area contributed by atoms with Crippen LogP contribution in [0.5, 0.6) is 0 Å². The van der Waals surface area contributed by atoms with Crippen LogP contribution >= 0.6 is 0 Å². The molecule has 2 N–H and O–H groups in total. The van der Waals surface area contributed by atoms with E-state index in [1.54, 1.807) is 12.1 Å². The molecule has 1 aromatic rings.